The van der Waals surface area contributed by atoms with Gasteiger partial charge in [-0.25, -0.2) is 0 Å². The highest BCUT2D eigenvalue weighted by Gasteiger charge is 2.36. The number of nitrogens with two attached hydrogens (primary N) is 1. The minimum Gasteiger partial charge on any atom is -0.374 e. The van der Waals surface area contributed by atoms with Gasteiger partial charge in [-0.3, -0.25) is 4.90 Å². The van der Waals surface area contributed by atoms with Gasteiger partial charge in [0.05, 0.1) is 12.2 Å². The quantitative estimate of drug-likeness (QED) is 0.820. The number of hydrogen-bond acceptors (Lipinski definition) is 3. The summed E-state index contributed by atoms with van der Waals surface area (Å²) in [4.78, 5) is 2.58. The van der Waals surface area contributed by atoms with E-state index >= 15 is 0 Å². The minimum absolute atomic E-state index is 0.365. The average Bonchev–Trinajstić information content (AvgIpc) is 2.64. The first-order valence-electron chi connectivity index (χ1n) is 7.11. The lowest BCUT2D eigenvalue weighted by Crippen LogP contribution is -2.53. The van der Waals surface area contributed by atoms with E-state index in [9.17, 15) is 0 Å². The largest absolute Gasteiger partial charge is 0.374 e. The van der Waals surface area contributed by atoms with Gasteiger partial charge < -0.3 is 10.5 Å². The lowest BCUT2D eigenvalue weighted by atomic mass is 9.83. The molecule has 0 radical (unpaired) electrons. The molecule has 17 heavy (non-hydrogen) atoms. The standard InChI is InChI=1S/C14H28N2O/c1-11-5-6-13(17-11)12(9-15)16-8-4-7-14(2,3)10-16/h11-13H,4-10,15H2,1-3H3. The summed E-state index contributed by atoms with van der Waals surface area (Å²) < 4.78 is 6.01. The van der Waals surface area contributed by atoms with Crippen molar-refractivity contribution in [1.82, 2.24) is 4.90 Å². The fourth-order valence-electron chi connectivity index (χ4n) is 3.40. The third-order valence-electron chi connectivity index (χ3n) is 4.33. The van der Waals surface area contributed by atoms with E-state index in [0.717, 1.165) is 6.54 Å². The van der Waals surface area contributed by atoms with Crippen LogP contribution < -0.4 is 5.73 Å². The van der Waals surface area contributed by atoms with E-state index in [-0.39, 0.29) is 0 Å². The Labute approximate surface area is 106 Å². The van der Waals surface area contributed by atoms with Crippen LogP contribution in [0.2, 0.25) is 0 Å². The van der Waals surface area contributed by atoms with E-state index < -0.39 is 0 Å². The second kappa shape index (κ2) is 5.25. The Morgan fingerprint density at radius 2 is 2.18 bits per heavy atom. The fraction of sp³-hybridized carbons (Fsp3) is 1.00. The molecule has 2 rings (SSSR count). The Hall–Kier alpha value is -0.120. The predicted molar refractivity (Wildman–Crippen MR) is 71.0 cm³/mol. The highest BCUT2D eigenvalue weighted by Crippen LogP contribution is 2.32. The van der Waals surface area contributed by atoms with Crippen LogP contribution in [0, 0.1) is 5.41 Å². The van der Waals surface area contributed by atoms with Crippen molar-refractivity contribution in [2.45, 2.75) is 64.7 Å². The number of likely N-dealkylation sites (tertiary alicyclic amines) is 1. The molecular formula is C14H28N2O. The van der Waals surface area contributed by atoms with E-state index in [1.165, 1.54) is 38.8 Å². The zero-order valence-electron chi connectivity index (χ0n) is 11.6. The molecule has 3 unspecified atom stereocenters. The van der Waals surface area contributed by atoms with Crippen LogP contribution in [0.15, 0.2) is 0 Å². The van der Waals surface area contributed by atoms with Crippen LogP contribution >= 0.6 is 0 Å². The summed E-state index contributed by atoms with van der Waals surface area (Å²) in [5.41, 5.74) is 6.44. The summed E-state index contributed by atoms with van der Waals surface area (Å²) in [6, 6.07) is 0.430. The van der Waals surface area contributed by atoms with Gasteiger partial charge in [0.2, 0.25) is 0 Å². The molecule has 3 heteroatoms. The predicted octanol–water partition coefficient (Wildman–Crippen LogP) is 2.00. The lowest BCUT2D eigenvalue weighted by Gasteiger charge is -2.43. The second-order valence-corrected chi connectivity index (χ2v) is 6.60. The SMILES string of the molecule is CC1CCC(C(CN)N2CCCC(C)(C)C2)O1. The topological polar surface area (TPSA) is 38.5 Å². The molecule has 2 heterocycles. The van der Waals surface area contributed by atoms with Crippen LogP contribution in [0.25, 0.3) is 0 Å². The molecule has 0 aromatic rings. The summed E-state index contributed by atoms with van der Waals surface area (Å²) in [5, 5.41) is 0. The van der Waals surface area contributed by atoms with Crippen molar-refractivity contribution in [3.05, 3.63) is 0 Å². The molecule has 2 N–H and O–H groups in total. The van der Waals surface area contributed by atoms with E-state index in [4.69, 9.17) is 10.5 Å². The Kier molecular flexibility index (Phi) is 4.11. The first-order chi connectivity index (χ1) is 8.02. The summed E-state index contributed by atoms with van der Waals surface area (Å²) in [7, 11) is 0. The highest BCUT2D eigenvalue weighted by atomic mass is 16.5. The summed E-state index contributed by atoms with van der Waals surface area (Å²) in [6.45, 7) is 10.00. The summed E-state index contributed by atoms with van der Waals surface area (Å²) in [6.07, 6.45) is 5.79. The van der Waals surface area contributed by atoms with E-state index in [1.807, 2.05) is 0 Å². The molecule has 0 spiro atoms. The third kappa shape index (κ3) is 3.21. The van der Waals surface area contributed by atoms with Crippen LogP contribution in [-0.4, -0.2) is 42.8 Å². The van der Waals surface area contributed by atoms with Gasteiger partial charge in [0.25, 0.3) is 0 Å². The highest BCUT2D eigenvalue weighted by molar-refractivity contribution is 4.90. The zero-order valence-corrected chi connectivity index (χ0v) is 11.6. The van der Waals surface area contributed by atoms with Gasteiger partial charge in [-0.1, -0.05) is 13.8 Å². The van der Waals surface area contributed by atoms with Crippen molar-refractivity contribution >= 4 is 0 Å². The van der Waals surface area contributed by atoms with Gasteiger partial charge in [0, 0.05) is 19.1 Å². The molecule has 2 aliphatic rings. The third-order valence-corrected chi connectivity index (χ3v) is 4.33. The first kappa shape index (κ1) is 13.3. The van der Waals surface area contributed by atoms with Gasteiger partial charge in [-0.05, 0) is 44.6 Å². The maximum Gasteiger partial charge on any atom is 0.0747 e. The molecule has 100 valence electrons. The lowest BCUT2D eigenvalue weighted by molar-refractivity contribution is -0.0256. The molecule has 0 amide bonds. The molecule has 2 aliphatic heterocycles. The van der Waals surface area contributed by atoms with Gasteiger partial charge in [-0.15, -0.1) is 0 Å². The molecule has 0 bridgehead atoms. The van der Waals surface area contributed by atoms with Crippen molar-refractivity contribution in [2.75, 3.05) is 19.6 Å². The van der Waals surface area contributed by atoms with Crippen molar-refractivity contribution in [3.63, 3.8) is 0 Å². The van der Waals surface area contributed by atoms with Gasteiger partial charge in [0.15, 0.2) is 0 Å². The molecule has 0 saturated carbocycles. The molecule has 0 aliphatic carbocycles. The van der Waals surface area contributed by atoms with Gasteiger partial charge in [-0.2, -0.15) is 0 Å². The first-order valence-corrected chi connectivity index (χ1v) is 7.11. The molecular weight excluding hydrogens is 212 g/mol. The maximum absolute atomic E-state index is 6.01. The van der Waals surface area contributed by atoms with Crippen LogP contribution in [-0.2, 0) is 4.74 Å². The van der Waals surface area contributed by atoms with Crippen LogP contribution in [0.4, 0.5) is 0 Å². The molecule has 0 aromatic carbocycles. The smallest absolute Gasteiger partial charge is 0.0747 e. The van der Waals surface area contributed by atoms with Crippen LogP contribution in [0.1, 0.15) is 46.5 Å². The van der Waals surface area contributed by atoms with Gasteiger partial charge in [0.1, 0.15) is 0 Å². The van der Waals surface area contributed by atoms with Gasteiger partial charge >= 0.3 is 0 Å². The zero-order chi connectivity index (χ0) is 12.5. The van der Waals surface area contributed by atoms with E-state index in [0.29, 0.717) is 23.7 Å². The van der Waals surface area contributed by atoms with E-state index in [1.54, 1.807) is 0 Å². The molecule has 3 atom stereocenters. The normalized spacial score (nSPS) is 36.0. The number of ether oxygens (including phenoxy) is 1. The Bertz CT molecular complexity index is 255. The fourth-order valence-corrected chi connectivity index (χ4v) is 3.40. The van der Waals surface area contributed by atoms with Crippen molar-refractivity contribution < 1.29 is 4.74 Å². The van der Waals surface area contributed by atoms with Crippen LogP contribution in [0.5, 0.6) is 0 Å². The molecule has 2 fully saturated rings. The maximum atomic E-state index is 6.01. The van der Waals surface area contributed by atoms with Crippen LogP contribution in [0.3, 0.4) is 0 Å². The molecule has 3 nitrogen and oxygen atoms in total. The number of rotatable bonds is 3. The van der Waals surface area contributed by atoms with Crippen molar-refractivity contribution in [3.8, 4) is 0 Å². The minimum atomic E-state index is 0.365. The Morgan fingerprint density at radius 1 is 1.41 bits per heavy atom. The Balaban J connectivity index is 1.98. The monoisotopic (exact) mass is 240 g/mol. The van der Waals surface area contributed by atoms with Crippen molar-refractivity contribution in [1.29, 1.82) is 0 Å². The summed E-state index contributed by atoms with van der Waals surface area (Å²) >= 11 is 0. The second-order valence-electron chi connectivity index (χ2n) is 6.60. The van der Waals surface area contributed by atoms with E-state index in [2.05, 4.69) is 25.7 Å². The molecule has 0 aromatic heterocycles. The number of piperidine rings is 1. The molecule has 2 saturated heterocycles. The van der Waals surface area contributed by atoms with Crippen molar-refractivity contribution in [2.24, 2.45) is 11.1 Å². The summed E-state index contributed by atoms with van der Waals surface area (Å²) in [5.74, 6) is 0. The average molecular weight is 240 g/mol. The Morgan fingerprint density at radius 3 is 2.71 bits per heavy atom. The number of hydrogen-bond donors (Lipinski definition) is 1. The number of nitrogens with zero attached hydrogens (tertiary/aromatic N) is 1.